The van der Waals surface area contributed by atoms with E-state index >= 15 is 0 Å². The van der Waals surface area contributed by atoms with Crippen LogP contribution in [0, 0.1) is 28.5 Å². The molecule has 0 aromatic heterocycles. The smallest absolute Gasteiger partial charge is 0.237 e. The van der Waals surface area contributed by atoms with Crippen LogP contribution in [0.2, 0.25) is 0 Å². The van der Waals surface area contributed by atoms with Crippen molar-refractivity contribution in [3.05, 3.63) is 41.7 Å². The topological polar surface area (TPSA) is 77.3 Å². The van der Waals surface area contributed by atoms with E-state index in [0.29, 0.717) is 5.92 Å². The molecule has 0 spiro atoms. The van der Waals surface area contributed by atoms with Crippen molar-refractivity contribution in [1.82, 2.24) is 10.6 Å². The molecule has 5 atom stereocenters. The van der Waals surface area contributed by atoms with E-state index in [2.05, 4.69) is 30.6 Å². The van der Waals surface area contributed by atoms with Gasteiger partial charge in [-0.05, 0) is 93.2 Å². The normalized spacial score (nSPS) is 31.0. The van der Waals surface area contributed by atoms with Crippen molar-refractivity contribution in [3.8, 4) is 0 Å². The van der Waals surface area contributed by atoms with E-state index in [0.717, 1.165) is 75.7 Å². The number of carbonyl (C=O) groups excluding carboxylic acids is 1. The van der Waals surface area contributed by atoms with Gasteiger partial charge in [0.2, 0.25) is 5.91 Å². The molecule has 0 bridgehead atoms. The molecule has 3 aliphatic rings. The number of aliphatic imine (C=N–C) groups is 1. The van der Waals surface area contributed by atoms with Crippen LogP contribution in [-0.4, -0.2) is 36.5 Å². The highest BCUT2D eigenvalue weighted by Crippen LogP contribution is 2.55. The minimum atomic E-state index is -0.270. The van der Waals surface area contributed by atoms with Gasteiger partial charge in [-0.15, -0.1) is 0 Å². The molecule has 5 unspecified atom stereocenters. The maximum absolute atomic E-state index is 13.3. The first-order valence-corrected chi connectivity index (χ1v) is 13.0. The molecule has 3 N–H and O–H groups in total. The van der Waals surface area contributed by atoms with E-state index in [1.165, 1.54) is 23.9 Å². The SMILES string of the molecule is CCCC(CC1CCC2=CC(=Nc3ccc(F)cc3)C(C=N)CC21C)NC(=O)C1CCCCN1. The average Bonchev–Trinajstić information content (AvgIpc) is 3.15. The number of hydrogen-bond donors (Lipinski definition) is 3. The van der Waals surface area contributed by atoms with Crippen LogP contribution >= 0.6 is 0 Å². The van der Waals surface area contributed by atoms with Gasteiger partial charge >= 0.3 is 0 Å². The molecule has 0 radical (unpaired) electrons. The molecule has 1 aliphatic heterocycles. The van der Waals surface area contributed by atoms with Gasteiger partial charge in [0, 0.05) is 23.9 Å². The molecule has 1 saturated heterocycles. The lowest BCUT2D eigenvalue weighted by atomic mass is 9.65. The first-order valence-electron chi connectivity index (χ1n) is 13.0. The summed E-state index contributed by atoms with van der Waals surface area (Å²) >= 11 is 0. The molecule has 1 saturated carbocycles. The highest BCUT2D eigenvalue weighted by atomic mass is 19.1. The zero-order valence-corrected chi connectivity index (χ0v) is 20.6. The lowest BCUT2D eigenvalue weighted by Crippen LogP contribution is -2.50. The Bertz CT molecular complexity index is 934. The fourth-order valence-corrected chi connectivity index (χ4v) is 6.20. The van der Waals surface area contributed by atoms with Crippen molar-refractivity contribution >= 4 is 23.5 Å². The Morgan fingerprint density at radius 3 is 2.79 bits per heavy atom. The molecule has 1 amide bonds. The van der Waals surface area contributed by atoms with Crippen LogP contribution in [0.15, 0.2) is 40.9 Å². The summed E-state index contributed by atoms with van der Waals surface area (Å²) in [4.78, 5) is 17.7. The second-order valence-corrected chi connectivity index (χ2v) is 10.5. The summed E-state index contributed by atoms with van der Waals surface area (Å²) < 4.78 is 13.3. The third-order valence-corrected chi connectivity index (χ3v) is 8.21. The Balaban J connectivity index is 1.49. The quantitative estimate of drug-likeness (QED) is 0.428. The Kier molecular flexibility index (Phi) is 7.97. The van der Waals surface area contributed by atoms with Crippen molar-refractivity contribution in [3.63, 3.8) is 0 Å². The molecule has 1 aromatic carbocycles. The zero-order chi connectivity index (χ0) is 24.1. The second-order valence-electron chi connectivity index (χ2n) is 10.5. The maximum Gasteiger partial charge on any atom is 0.237 e. The van der Waals surface area contributed by atoms with Gasteiger partial charge in [-0.1, -0.05) is 32.3 Å². The number of amides is 1. The summed E-state index contributed by atoms with van der Waals surface area (Å²) in [6.07, 6.45) is 12.9. The first kappa shape index (κ1) is 24.8. The standard InChI is InChI=1S/C28H39FN4O/c1-3-6-24(33-27(34)25-7-4-5-14-31-25)15-20-8-9-21-16-26(19(18-30)17-28(20,21)2)32-23-12-10-22(29)11-13-23/h10-13,16,18-20,24-25,30-31H,3-9,14-15,17H2,1-2H3,(H,33,34). The average molecular weight is 467 g/mol. The van der Waals surface area contributed by atoms with Crippen LogP contribution in [0.3, 0.4) is 0 Å². The van der Waals surface area contributed by atoms with Gasteiger partial charge in [0.25, 0.3) is 0 Å². The van der Waals surface area contributed by atoms with Crippen molar-refractivity contribution in [1.29, 1.82) is 5.41 Å². The van der Waals surface area contributed by atoms with E-state index < -0.39 is 0 Å². The molecule has 4 rings (SSSR count). The molecule has 184 valence electrons. The molecule has 5 nitrogen and oxygen atoms in total. The van der Waals surface area contributed by atoms with E-state index in [-0.39, 0.29) is 35.1 Å². The Morgan fingerprint density at radius 2 is 2.12 bits per heavy atom. The summed E-state index contributed by atoms with van der Waals surface area (Å²) in [5.41, 5.74) is 3.05. The molecule has 34 heavy (non-hydrogen) atoms. The molecular weight excluding hydrogens is 427 g/mol. The number of carbonyl (C=O) groups is 1. The first-order chi connectivity index (χ1) is 16.4. The number of allylic oxidation sites excluding steroid dienone is 2. The number of piperidine rings is 1. The van der Waals surface area contributed by atoms with Gasteiger partial charge in [0.1, 0.15) is 5.82 Å². The minimum Gasteiger partial charge on any atom is -0.352 e. The highest BCUT2D eigenvalue weighted by molar-refractivity contribution is 6.07. The Morgan fingerprint density at radius 1 is 1.32 bits per heavy atom. The van der Waals surface area contributed by atoms with Gasteiger partial charge in [0.05, 0.1) is 11.7 Å². The highest BCUT2D eigenvalue weighted by Gasteiger charge is 2.47. The number of benzene rings is 1. The fraction of sp³-hybridized carbons (Fsp3) is 0.607. The van der Waals surface area contributed by atoms with Crippen LogP contribution in [-0.2, 0) is 4.79 Å². The zero-order valence-electron chi connectivity index (χ0n) is 20.6. The van der Waals surface area contributed by atoms with E-state index in [1.807, 2.05) is 0 Å². The van der Waals surface area contributed by atoms with Crippen molar-refractivity contribution in [2.75, 3.05) is 6.54 Å². The summed E-state index contributed by atoms with van der Waals surface area (Å²) in [6.45, 7) is 5.46. The lowest BCUT2D eigenvalue weighted by molar-refractivity contribution is -0.124. The number of nitrogens with zero attached hydrogens (tertiary/aromatic N) is 1. The minimum absolute atomic E-state index is 0.0177. The summed E-state index contributed by atoms with van der Waals surface area (Å²) in [7, 11) is 0. The summed E-state index contributed by atoms with van der Waals surface area (Å²) in [5.74, 6) is 0.315. The third-order valence-electron chi connectivity index (χ3n) is 8.21. The number of halogens is 1. The fourth-order valence-electron chi connectivity index (χ4n) is 6.20. The van der Waals surface area contributed by atoms with E-state index in [1.54, 1.807) is 12.1 Å². The van der Waals surface area contributed by atoms with Crippen molar-refractivity contribution in [2.24, 2.45) is 22.2 Å². The second kappa shape index (κ2) is 10.9. The van der Waals surface area contributed by atoms with Gasteiger partial charge < -0.3 is 16.0 Å². The van der Waals surface area contributed by atoms with Gasteiger partial charge in [-0.2, -0.15) is 0 Å². The molecule has 2 aliphatic carbocycles. The largest absolute Gasteiger partial charge is 0.352 e. The molecule has 6 heteroatoms. The van der Waals surface area contributed by atoms with Gasteiger partial charge in [-0.3, -0.25) is 9.79 Å². The Hall–Kier alpha value is -2.34. The van der Waals surface area contributed by atoms with Crippen LogP contribution in [0.5, 0.6) is 0 Å². The van der Waals surface area contributed by atoms with Gasteiger partial charge in [0.15, 0.2) is 0 Å². The number of fused-ring (bicyclic) bond motifs is 1. The monoisotopic (exact) mass is 466 g/mol. The van der Waals surface area contributed by atoms with Gasteiger partial charge in [-0.25, -0.2) is 4.39 Å². The third kappa shape index (κ3) is 5.48. The van der Waals surface area contributed by atoms with E-state index in [4.69, 9.17) is 10.4 Å². The number of rotatable bonds is 8. The van der Waals surface area contributed by atoms with Crippen LogP contribution in [0.1, 0.15) is 71.6 Å². The lowest BCUT2D eigenvalue weighted by Gasteiger charge is -2.40. The van der Waals surface area contributed by atoms with Crippen LogP contribution < -0.4 is 10.6 Å². The van der Waals surface area contributed by atoms with Crippen LogP contribution in [0.25, 0.3) is 0 Å². The number of nitrogens with one attached hydrogen (secondary N) is 3. The maximum atomic E-state index is 13.3. The summed E-state index contributed by atoms with van der Waals surface area (Å²) in [6, 6.07) is 6.36. The molecule has 2 fully saturated rings. The predicted molar refractivity (Wildman–Crippen MR) is 136 cm³/mol. The number of hydrogen-bond acceptors (Lipinski definition) is 4. The molecule has 1 aromatic rings. The Labute approximate surface area is 203 Å². The molecule has 1 heterocycles. The predicted octanol–water partition coefficient (Wildman–Crippen LogP) is 5.73. The van der Waals surface area contributed by atoms with E-state index in [9.17, 15) is 9.18 Å². The van der Waals surface area contributed by atoms with Crippen molar-refractivity contribution in [2.45, 2.75) is 83.7 Å². The molecular formula is C28H39FN4O. The van der Waals surface area contributed by atoms with Crippen LogP contribution in [0.4, 0.5) is 10.1 Å². The van der Waals surface area contributed by atoms with Crippen molar-refractivity contribution < 1.29 is 9.18 Å². The summed E-state index contributed by atoms with van der Waals surface area (Å²) in [5, 5.41) is 14.8.